The van der Waals surface area contributed by atoms with Crippen LogP contribution in [0, 0.1) is 0 Å². The number of Topliss-reactive ketones (excluding diaryl/α,β-unsaturated/α-hetero) is 1. The van der Waals surface area contributed by atoms with Crippen LogP contribution >= 0.6 is 0 Å². The monoisotopic (exact) mass is 440 g/mol. The number of likely N-dealkylation sites (tertiary alicyclic amines) is 1. The topological polar surface area (TPSA) is 71.8 Å². The summed E-state index contributed by atoms with van der Waals surface area (Å²) >= 11 is 0. The van der Waals surface area contributed by atoms with Crippen molar-refractivity contribution in [1.29, 1.82) is 0 Å². The summed E-state index contributed by atoms with van der Waals surface area (Å²) < 4.78 is 7.18. The summed E-state index contributed by atoms with van der Waals surface area (Å²) in [5.41, 5.74) is 2.41. The van der Waals surface area contributed by atoms with Crippen LogP contribution in [0.2, 0.25) is 0 Å². The number of aliphatic hydroxyl groups excluding tert-OH is 1. The number of hydrogen-bond acceptors (Lipinski definition) is 4. The van der Waals surface area contributed by atoms with E-state index in [0.717, 1.165) is 27.2 Å². The smallest absolute Gasteiger partial charge is 0.295 e. The molecule has 0 aliphatic carbocycles. The van der Waals surface area contributed by atoms with Gasteiger partial charge in [0.25, 0.3) is 11.7 Å². The summed E-state index contributed by atoms with van der Waals surface area (Å²) in [6, 6.07) is 20.3. The molecule has 1 unspecified atom stereocenters. The molecule has 33 heavy (non-hydrogen) atoms. The van der Waals surface area contributed by atoms with Crippen molar-refractivity contribution in [3.8, 4) is 0 Å². The van der Waals surface area contributed by atoms with Gasteiger partial charge in [-0.2, -0.15) is 0 Å². The van der Waals surface area contributed by atoms with E-state index in [4.69, 9.17) is 4.74 Å². The zero-order valence-electron chi connectivity index (χ0n) is 18.5. The van der Waals surface area contributed by atoms with E-state index in [9.17, 15) is 14.7 Å². The van der Waals surface area contributed by atoms with E-state index in [1.165, 1.54) is 4.90 Å². The molecular formula is C27H24N2O4. The second kappa shape index (κ2) is 8.22. The van der Waals surface area contributed by atoms with Crippen molar-refractivity contribution in [3.05, 3.63) is 89.6 Å². The number of aryl methyl sites for hydroxylation is 1. The van der Waals surface area contributed by atoms with Crippen molar-refractivity contribution < 1.29 is 19.4 Å². The largest absolute Gasteiger partial charge is 0.507 e. The molecule has 1 aromatic heterocycles. The lowest BCUT2D eigenvalue weighted by Gasteiger charge is -2.24. The zero-order chi connectivity index (χ0) is 23.1. The van der Waals surface area contributed by atoms with Crippen molar-refractivity contribution >= 4 is 39.1 Å². The number of fused-ring (bicyclic) bond motifs is 2. The van der Waals surface area contributed by atoms with E-state index in [2.05, 4.69) is 0 Å². The molecule has 2 heterocycles. The number of methoxy groups -OCH3 is 1. The lowest BCUT2D eigenvalue weighted by atomic mass is 9.93. The fraction of sp³-hybridized carbons (Fsp3) is 0.185. The van der Waals surface area contributed by atoms with Gasteiger partial charge in [-0.1, -0.05) is 60.7 Å². The Kier molecular flexibility index (Phi) is 5.23. The van der Waals surface area contributed by atoms with Crippen LogP contribution in [0.25, 0.3) is 27.4 Å². The van der Waals surface area contributed by atoms with Gasteiger partial charge >= 0.3 is 0 Å². The molecule has 6 heteroatoms. The van der Waals surface area contributed by atoms with E-state index < -0.39 is 17.7 Å². The standard InChI is InChI=1S/C27H24N2O4/c1-28-16-21(19-11-5-6-13-22(19)28)24-23(26(31)27(32)29(24)14-15-33-2)25(30)20-12-7-9-17-8-3-4-10-18(17)20/h3-13,16,24,30H,14-15H2,1-2H3/b25-23+. The van der Waals surface area contributed by atoms with Gasteiger partial charge in [-0.25, -0.2) is 0 Å². The van der Waals surface area contributed by atoms with E-state index in [0.29, 0.717) is 5.56 Å². The van der Waals surface area contributed by atoms with Gasteiger partial charge in [0.1, 0.15) is 5.76 Å². The van der Waals surface area contributed by atoms with Crippen molar-refractivity contribution in [2.24, 2.45) is 7.05 Å². The third kappa shape index (κ3) is 3.31. The van der Waals surface area contributed by atoms with Gasteiger partial charge in [-0.3, -0.25) is 9.59 Å². The first kappa shape index (κ1) is 21.0. The zero-order valence-corrected chi connectivity index (χ0v) is 18.5. The number of carbonyl (C=O) groups excluding carboxylic acids is 2. The highest BCUT2D eigenvalue weighted by Gasteiger charge is 2.46. The average Bonchev–Trinajstić information content (AvgIpc) is 3.30. The molecule has 6 nitrogen and oxygen atoms in total. The summed E-state index contributed by atoms with van der Waals surface area (Å²) in [4.78, 5) is 27.9. The summed E-state index contributed by atoms with van der Waals surface area (Å²) in [5.74, 6) is -1.48. The number of ketones is 1. The molecule has 1 atom stereocenters. The number of aromatic nitrogens is 1. The molecule has 1 N–H and O–H groups in total. The minimum Gasteiger partial charge on any atom is -0.507 e. The molecule has 0 bridgehead atoms. The molecule has 5 rings (SSSR count). The second-order valence-corrected chi connectivity index (χ2v) is 8.22. The number of benzene rings is 3. The van der Waals surface area contributed by atoms with E-state index in [-0.39, 0.29) is 24.5 Å². The summed E-state index contributed by atoms with van der Waals surface area (Å²) in [6.07, 6.45) is 1.93. The molecular weight excluding hydrogens is 416 g/mol. The van der Waals surface area contributed by atoms with Crippen LogP contribution in [0.3, 0.4) is 0 Å². The summed E-state index contributed by atoms with van der Waals surface area (Å²) in [5, 5.41) is 14.2. The van der Waals surface area contributed by atoms with Crippen LogP contribution in [-0.2, 0) is 21.4 Å². The number of aliphatic hydroxyl groups is 1. The van der Waals surface area contributed by atoms with Crippen LogP contribution in [-0.4, -0.2) is 46.5 Å². The quantitative estimate of drug-likeness (QED) is 0.284. The van der Waals surface area contributed by atoms with Gasteiger partial charge in [0.2, 0.25) is 0 Å². The lowest BCUT2D eigenvalue weighted by molar-refractivity contribution is -0.140. The van der Waals surface area contributed by atoms with Crippen LogP contribution < -0.4 is 0 Å². The highest BCUT2D eigenvalue weighted by Crippen LogP contribution is 2.43. The molecule has 1 aliphatic heterocycles. The SMILES string of the molecule is COCCN1C(=O)C(=O)/C(=C(/O)c2cccc3ccccc23)C1c1cn(C)c2ccccc12. The van der Waals surface area contributed by atoms with Crippen LogP contribution in [0.15, 0.2) is 78.5 Å². The first-order chi connectivity index (χ1) is 16.0. The maximum atomic E-state index is 13.3. The molecule has 0 spiro atoms. The number of amides is 1. The molecule has 4 aromatic rings. The molecule has 1 amide bonds. The Balaban J connectivity index is 1.78. The van der Waals surface area contributed by atoms with E-state index in [1.54, 1.807) is 13.2 Å². The fourth-order valence-corrected chi connectivity index (χ4v) is 4.79. The predicted molar refractivity (Wildman–Crippen MR) is 128 cm³/mol. The normalized spacial score (nSPS) is 18.0. The van der Waals surface area contributed by atoms with Crippen LogP contribution in [0.1, 0.15) is 17.2 Å². The minimum atomic E-state index is -0.717. The van der Waals surface area contributed by atoms with Crippen LogP contribution in [0.4, 0.5) is 0 Å². The average molecular weight is 440 g/mol. The Morgan fingerprint density at radius 2 is 1.67 bits per heavy atom. The molecule has 1 aliphatic rings. The second-order valence-electron chi connectivity index (χ2n) is 8.22. The number of nitrogens with zero attached hydrogens (tertiary/aromatic N) is 2. The Morgan fingerprint density at radius 3 is 2.45 bits per heavy atom. The number of para-hydroxylation sites is 1. The van der Waals surface area contributed by atoms with Gasteiger partial charge in [0, 0.05) is 48.9 Å². The highest BCUT2D eigenvalue weighted by atomic mass is 16.5. The Hall–Kier alpha value is -3.90. The van der Waals surface area contributed by atoms with Crippen LogP contribution in [0.5, 0.6) is 0 Å². The number of carbonyl (C=O) groups is 2. The first-order valence-corrected chi connectivity index (χ1v) is 10.8. The van der Waals surface area contributed by atoms with E-state index >= 15 is 0 Å². The first-order valence-electron chi connectivity index (χ1n) is 10.8. The maximum absolute atomic E-state index is 13.3. The summed E-state index contributed by atoms with van der Waals surface area (Å²) in [6.45, 7) is 0.518. The molecule has 0 radical (unpaired) electrons. The van der Waals surface area contributed by atoms with Crippen molar-refractivity contribution in [3.63, 3.8) is 0 Å². The Bertz CT molecular complexity index is 1430. The number of ether oxygens (including phenoxy) is 1. The Morgan fingerprint density at radius 1 is 0.970 bits per heavy atom. The van der Waals surface area contributed by atoms with Gasteiger partial charge < -0.3 is 19.3 Å². The van der Waals surface area contributed by atoms with Crippen molar-refractivity contribution in [2.75, 3.05) is 20.3 Å². The summed E-state index contributed by atoms with van der Waals surface area (Å²) in [7, 11) is 3.48. The molecule has 166 valence electrons. The van der Waals surface area contributed by atoms with Gasteiger partial charge in [0.15, 0.2) is 0 Å². The van der Waals surface area contributed by atoms with Gasteiger partial charge in [0.05, 0.1) is 18.2 Å². The Labute approximate surface area is 191 Å². The minimum absolute atomic E-state index is 0.101. The fourth-order valence-electron chi connectivity index (χ4n) is 4.79. The van der Waals surface area contributed by atoms with Crippen molar-refractivity contribution in [2.45, 2.75) is 6.04 Å². The number of hydrogen-bond donors (Lipinski definition) is 1. The maximum Gasteiger partial charge on any atom is 0.295 e. The molecule has 0 saturated carbocycles. The van der Waals surface area contributed by atoms with Gasteiger partial charge in [-0.05, 0) is 16.8 Å². The van der Waals surface area contributed by atoms with Crippen molar-refractivity contribution in [1.82, 2.24) is 9.47 Å². The molecule has 1 fully saturated rings. The van der Waals surface area contributed by atoms with E-state index in [1.807, 2.05) is 78.5 Å². The predicted octanol–water partition coefficient (Wildman–Crippen LogP) is 4.40. The third-order valence-corrected chi connectivity index (χ3v) is 6.34. The highest BCUT2D eigenvalue weighted by molar-refractivity contribution is 6.47. The van der Waals surface area contributed by atoms with Gasteiger partial charge in [-0.15, -0.1) is 0 Å². The lowest BCUT2D eigenvalue weighted by Crippen LogP contribution is -2.32. The molecule has 3 aromatic carbocycles. The number of rotatable bonds is 5. The molecule has 1 saturated heterocycles. The third-order valence-electron chi connectivity index (χ3n) is 6.34.